The summed E-state index contributed by atoms with van der Waals surface area (Å²) < 4.78 is 5.48. The van der Waals surface area contributed by atoms with Crippen LogP contribution in [-0.4, -0.2) is 56.8 Å². The number of hydrogen-bond donors (Lipinski definition) is 5. The molecule has 1 unspecified atom stereocenters. The maximum atomic E-state index is 13.9. The van der Waals surface area contributed by atoms with Crippen molar-refractivity contribution >= 4 is 17.9 Å². The first-order valence-electron chi connectivity index (χ1n) is 15.3. The molecule has 3 rings (SSSR count). The Kier molecular flexibility index (Phi) is 13.0. The Bertz CT molecular complexity index is 1290. The fourth-order valence-electron chi connectivity index (χ4n) is 4.90. The van der Waals surface area contributed by atoms with Gasteiger partial charge in [-0.2, -0.15) is 0 Å². The topological polar surface area (TPSA) is 145 Å². The van der Waals surface area contributed by atoms with Crippen LogP contribution < -0.4 is 16.0 Å². The highest BCUT2D eigenvalue weighted by Crippen LogP contribution is 2.20. The van der Waals surface area contributed by atoms with Gasteiger partial charge in [-0.15, -0.1) is 0 Å². The highest BCUT2D eigenvalue weighted by atomic mass is 16.6. The number of amides is 3. The van der Waals surface area contributed by atoms with Gasteiger partial charge in [0.2, 0.25) is 11.8 Å². The number of aliphatic hydroxyl groups is 1. The van der Waals surface area contributed by atoms with Crippen molar-refractivity contribution in [2.45, 2.75) is 90.6 Å². The van der Waals surface area contributed by atoms with E-state index in [1.807, 2.05) is 74.5 Å². The van der Waals surface area contributed by atoms with Crippen molar-refractivity contribution in [3.8, 4) is 0 Å². The van der Waals surface area contributed by atoms with Crippen molar-refractivity contribution in [2.24, 2.45) is 11.8 Å². The van der Waals surface area contributed by atoms with E-state index < -0.39 is 35.8 Å². The van der Waals surface area contributed by atoms with E-state index in [0.29, 0.717) is 25.1 Å². The third-order valence-corrected chi connectivity index (χ3v) is 7.46. The summed E-state index contributed by atoms with van der Waals surface area (Å²) in [5.41, 5.74) is 1.12. The van der Waals surface area contributed by atoms with Gasteiger partial charge >= 0.3 is 6.09 Å². The normalized spacial score (nSPS) is 14.9. The minimum absolute atomic E-state index is 0.0509. The lowest BCUT2D eigenvalue weighted by Gasteiger charge is -2.30. The molecule has 0 fully saturated rings. The maximum Gasteiger partial charge on any atom is 0.407 e. The van der Waals surface area contributed by atoms with Gasteiger partial charge in [0.05, 0.1) is 18.7 Å². The monoisotopic (exact) mass is 605 g/mol. The molecule has 2 aromatic carbocycles. The highest BCUT2D eigenvalue weighted by Gasteiger charge is 2.33. The predicted molar refractivity (Wildman–Crippen MR) is 169 cm³/mol. The van der Waals surface area contributed by atoms with Crippen molar-refractivity contribution in [1.82, 2.24) is 25.9 Å². The van der Waals surface area contributed by atoms with Crippen LogP contribution in [0, 0.1) is 11.8 Å². The number of rotatable bonds is 15. The molecule has 0 spiro atoms. The Labute approximate surface area is 260 Å². The van der Waals surface area contributed by atoms with Gasteiger partial charge in [-0.1, -0.05) is 80.9 Å². The molecule has 3 amide bonds. The van der Waals surface area contributed by atoms with E-state index in [0.717, 1.165) is 11.1 Å². The molecule has 3 aromatic rings. The number of carbonyl (C=O) groups excluding carboxylic acids is 3. The molecule has 238 valence electrons. The van der Waals surface area contributed by atoms with Crippen molar-refractivity contribution < 1.29 is 24.2 Å². The van der Waals surface area contributed by atoms with E-state index in [-0.39, 0.29) is 30.7 Å². The van der Waals surface area contributed by atoms with Crippen molar-refractivity contribution in [2.75, 3.05) is 0 Å². The van der Waals surface area contributed by atoms with Gasteiger partial charge in [-0.3, -0.25) is 9.59 Å². The van der Waals surface area contributed by atoms with Crippen LogP contribution in [0.1, 0.15) is 64.4 Å². The number of benzene rings is 2. The van der Waals surface area contributed by atoms with Crippen LogP contribution in [-0.2, 0) is 33.7 Å². The Morgan fingerprint density at radius 3 is 2.09 bits per heavy atom. The second-order valence-corrected chi connectivity index (χ2v) is 12.3. The molecule has 44 heavy (non-hydrogen) atoms. The second kappa shape index (κ2) is 16.6. The SMILES string of the molecule is CCC(C)[C@H](NC(=O)[C@@H](Cc1ccccc1)C[C@H](O)[C@H](Cc1ccccc1)NC(=O)OC(C)(C)C)C(=O)NCc1ncc[nH]1. The van der Waals surface area contributed by atoms with Crippen molar-refractivity contribution in [3.63, 3.8) is 0 Å². The number of alkyl carbamates (subject to hydrolysis) is 1. The molecule has 0 saturated carbocycles. The number of aromatic amines is 1. The summed E-state index contributed by atoms with van der Waals surface area (Å²) in [5, 5.41) is 20.2. The summed E-state index contributed by atoms with van der Waals surface area (Å²) in [6.07, 6.45) is 2.96. The minimum atomic E-state index is -1.09. The smallest absolute Gasteiger partial charge is 0.407 e. The van der Waals surface area contributed by atoms with Crippen LogP contribution in [0.3, 0.4) is 0 Å². The number of hydrogen-bond acceptors (Lipinski definition) is 6. The van der Waals surface area contributed by atoms with Crippen LogP contribution >= 0.6 is 0 Å². The maximum absolute atomic E-state index is 13.9. The first-order chi connectivity index (χ1) is 20.9. The van der Waals surface area contributed by atoms with Crippen molar-refractivity contribution in [3.05, 3.63) is 90.0 Å². The van der Waals surface area contributed by atoms with Crippen LogP contribution in [0.25, 0.3) is 0 Å². The molecule has 1 aromatic heterocycles. The van der Waals surface area contributed by atoms with E-state index in [4.69, 9.17) is 4.74 Å². The molecule has 10 nitrogen and oxygen atoms in total. The van der Waals surface area contributed by atoms with Crippen molar-refractivity contribution in [1.29, 1.82) is 0 Å². The molecular weight excluding hydrogens is 558 g/mol. The average Bonchev–Trinajstić information content (AvgIpc) is 3.51. The van der Waals surface area contributed by atoms with E-state index >= 15 is 0 Å². The van der Waals surface area contributed by atoms with Gasteiger partial charge < -0.3 is 30.8 Å². The zero-order chi connectivity index (χ0) is 32.1. The summed E-state index contributed by atoms with van der Waals surface area (Å²) >= 11 is 0. The van der Waals surface area contributed by atoms with Crippen LogP contribution in [0.4, 0.5) is 4.79 Å². The number of carbonyl (C=O) groups is 3. The fraction of sp³-hybridized carbons (Fsp3) is 0.471. The largest absolute Gasteiger partial charge is 0.444 e. The second-order valence-electron chi connectivity index (χ2n) is 12.3. The molecule has 5 atom stereocenters. The standard InChI is InChI=1S/C34H47N5O5/c1-6-23(2)30(32(42)37-22-29-35-17-18-36-29)39-31(41)26(19-24-13-9-7-10-14-24)21-28(40)27(20-25-15-11-8-12-16-25)38-33(43)44-34(3,4)5/h7-18,23,26-28,30,40H,6,19-22H2,1-5H3,(H,35,36)(H,37,42)(H,38,43)(H,39,41)/t23?,26-,27-,28-,30-/m0/s1. The minimum Gasteiger partial charge on any atom is -0.444 e. The lowest BCUT2D eigenvalue weighted by Crippen LogP contribution is -2.53. The van der Waals surface area contributed by atoms with Crippen LogP contribution in [0.5, 0.6) is 0 Å². The third kappa shape index (κ3) is 11.5. The fourth-order valence-corrected chi connectivity index (χ4v) is 4.90. The highest BCUT2D eigenvalue weighted by molar-refractivity contribution is 5.88. The molecule has 1 heterocycles. The summed E-state index contributed by atoms with van der Waals surface area (Å²) in [4.78, 5) is 47.0. The summed E-state index contributed by atoms with van der Waals surface area (Å²) in [6.45, 7) is 9.40. The summed E-state index contributed by atoms with van der Waals surface area (Å²) in [6, 6.07) is 17.6. The van der Waals surface area contributed by atoms with E-state index in [2.05, 4.69) is 25.9 Å². The van der Waals surface area contributed by atoms with Gasteiger partial charge in [0, 0.05) is 18.3 Å². The molecule has 0 aliphatic heterocycles. The molecule has 0 aliphatic rings. The zero-order valence-corrected chi connectivity index (χ0v) is 26.4. The van der Waals surface area contributed by atoms with E-state index in [1.54, 1.807) is 33.2 Å². The Hall–Kier alpha value is -4.18. The number of aromatic nitrogens is 2. The van der Waals surface area contributed by atoms with E-state index in [1.165, 1.54) is 0 Å². The lowest BCUT2D eigenvalue weighted by molar-refractivity contribution is -0.133. The molecule has 0 aliphatic carbocycles. The van der Waals surface area contributed by atoms with Gasteiger partial charge in [-0.05, 0) is 57.1 Å². The lowest BCUT2D eigenvalue weighted by atomic mass is 9.88. The van der Waals surface area contributed by atoms with E-state index in [9.17, 15) is 19.5 Å². The van der Waals surface area contributed by atoms with Gasteiger partial charge in [0.1, 0.15) is 17.5 Å². The van der Waals surface area contributed by atoms with Gasteiger partial charge in [0.25, 0.3) is 0 Å². The first-order valence-corrected chi connectivity index (χ1v) is 15.3. The molecule has 0 saturated heterocycles. The number of nitrogens with one attached hydrogen (secondary N) is 4. The Balaban J connectivity index is 1.82. The predicted octanol–water partition coefficient (Wildman–Crippen LogP) is 4.30. The Morgan fingerprint density at radius 1 is 0.932 bits per heavy atom. The summed E-state index contributed by atoms with van der Waals surface area (Å²) in [7, 11) is 0. The first kappa shape index (κ1) is 34.3. The molecule has 5 N–H and O–H groups in total. The molecule has 0 bridgehead atoms. The average molecular weight is 606 g/mol. The number of imidazole rings is 1. The number of H-pyrrole nitrogens is 1. The van der Waals surface area contributed by atoms with Gasteiger partial charge in [-0.25, -0.2) is 9.78 Å². The molecule has 0 radical (unpaired) electrons. The Morgan fingerprint density at radius 2 is 1.55 bits per heavy atom. The molecular formula is C34H47N5O5. The number of ether oxygens (including phenoxy) is 1. The number of aliphatic hydroxyl groups excluding tert-OH is 1. The quantitative estimate of drug-likeness (QED) is 0.175. The number of nitrogens with zero attached hydrogens (tertiary/aromatic N) is 1. The zero-order valence-electron chi connectivity index (χ0n) is 26.4. The van der Waals surface area contributed by atoms with Gasteiger partial charge in [0.15, 0.2) is 0 Å². The van der Waals surface area contributed by atoms with Crippen LogP contribution in [0.15, 0.2) is 73.1 Å². The van der Waals surface area contributed by atoms with Crippen LogP contribution in [0.2, 0.25) is 0 Å². The molecule has 10 heteroatoms. The summed E-state index contributed by atoms with van der Waals surface area (Å²) in [5.74, 6) is -0.869. The third-order valence-electron chi connectivity index (χ3n) is 7.46.